The van der Waals surface area contributed by atoms with Gasteiger partial charge in [-0.25, -0.2) is 4.79 Å². The molecule has 1 heterocycles. The van der Waals surface area contributed by atoms with Crippen molar-refractivity contribution in [3.63, 3.8) is 0 Å². The molecule has 0 aliphatic carbocycles. The van der Waals surface area contributed by atoms with E-state index in [1.54, 1.807) is 10.9 Å². The molecular formula is C7H11N3O3. The highest BCUT2D eigenvalue weighted by Gasteiger charge is 1.99. The first-order valence-corrected chi connectivity index (χ1v) is 3.84. The molecule has 1 aromatic heterocycles. The van der Waals surface area contributed by atoms with E-state index >= 15 is 0 Å². The molecule has 13 heavy (non-hydrogen) atoms. The van der Waals surface area contributed by atoms with Gasteiger partial charge in [0.05, 0.1) is 6.61 Å². The van der Waals surface area contributed by atoms with Crippen molar-refractivity contribution in [2.45, 2.75) is 13.5 Å². The number of aromatic nitrogens is 3. The average Bonchev–Trinajstić information content (AvgIpc) is 2.45. The molecule has 0 saturated heterocycles. The van der Waals surface area contributed by atoms with Gasteiger partial charge in [0.25, 0.3) is 0 Å². The van der Waals surface area contributed by atoms with Gasteiger partial charge in [0.1, 0.15) is 18.8 Å². The van der Waals surface area contributed by atoms with Crippen molar-refractivity contribution in [2.75, 3.05) is 13.2 Å². The van der Waals surface area contributed by atoms with E-state index < -0.39 is 5.97 Å². The minimum Gasteiger partial charge on any atom is -0.480 e. The van der Waals surface area contributed by atoms with Crippen molar-refractivity contribution in [1.29, 1.82) is 0 Å². The van der Waals surface area contributed by atoms with Gasteiger partial charge < -0.3 is 14.4 Å². The second kappa shape index (κ2) is 4.56. The van der Waals surface area contributed by atoms with Gasteiger partial charge in [-0.15, -0.1) is 10.2 Å². The zero-order valence-corrected chi connectivity index (χ0v) is 7.30. The van der Waals surface area contributed by atoms with Crippen LogP contribution in [-0.4, -0.2) is 39.1 Å². The number of hydrogen-bond acceptors (Lipinski definition) is 4. The van der Waals surface area contributed by atoms with Gasteiger partial charge in [-0.05, 0) is 6.92 Å². The summed E-state index contributed by atoms with van der Waals surface area (Å²) in [6, 6.07) is 0. The number of rotatable bonds is 5. The van der Waals surface area contributed by atoms with Crippen molar-refractivity contribution < 1.29 is 14.6 Å². The monoisotopic (exact) mass is 185 g/mol. The lowest BCUT2D eigenvalue weighted by Gasteiger charge is -2.02. The molecule has 6 nitrogen and oxygen atoms in total. The third-order valence-electron chi connectivity index (χ3n) is 1.51. The third-order valence-corrected chi connectivity index (χ3v) is 1.51. The number of carbonyl (C=O) groups is 1. The molecule has 1 N–H and O–H groups in total. The summed E-state index contributed by atoms with van der Waals surface area (Å²) in [6.07, 6.45) is 1.58. The number of aryl methyl sites for hydroxylation is 1. The van der Waals surface area contributed by atoms with Crippen LogP contribution in [0.25, 0.3) is 0 Å². The fourth-order valence-corrected chi connectivity index (χ4v) is 0.855. The quantitative estimate of drug-likeness (QED) is 0.636. The van der Waals surface area contributed by atoms with Gasteiger partial charge in [-0.2, -0.15) is 0 Å². The summed E-state index contributed by atoms with van der Waals surface area (Å²) in [5, 5.41) is 15.7. The number of hydrogen-bond donors (Lipinski definition) is 1. The highest BCUT2D eigenvalue weighted by molar-refractivity contribution is 5.67. The minimum atomic E-state index is -0.958. The van der Waals surface area contributed by atoms with E-state index in [2.05, 4.69) is 10.2 Å². The predicted octanol–water partition coefficient (Wildman–Crippen LogP) is -0.312. The fraction of sp³-hybridized carbons (Fsp3) is 0.571. The van der Waals surface area contributed by atoms with Crippen LogP contribution >= 0.6 is 0 Å². The number of ether oxygens (including phenoxy) is 1. The molecule has 1 aromatic rings. The Morgan fingerprint density at radius 2 is 2.54 bits per heavy atom. The van der Waals surface area contributed by atoms with Crippen LogP contribution in [0.2, 0.25) is 0 Å². The Labute approximate surface area is 75.2 Å². The molecule has 0 radical (unpaired) electrons. The van der Waals surface area contributed by atoms with Crippen LogP contribution in [0.5, 0.6) is 0 Å². The molecule has 0 aromatic carbocycles. The van der Waals surface area contributed by atoms with Crippen LogP contribution in [0.15, 0.2) is 6.33 Å². The highest BCUT2D eigenvalue weighted by Crippen LogP contribution is 1.91. The molecule has 0 fully saturated rings. The van der Waals surface area contributed by atoms with Crippen LogP contribution in [0.3, 0.4) is 0 Å². The topological polar surface area (TPSA) is 77.2 Å². The molecule has 0 aliphatic rings. The van der Waals surface area contributed by atoms with Crippen molar-refractivity contribution in [2.24, 2.45) is 0 Å². The fourth-order valence-electron chi connectivity index (χ4n) is 0.855. The van der Waals surface area contributed by atoms with Crippen molar-refractivity contribution in [3.8, 4) is 0 Å². The first-order chi connectivity index (χ1) is 6.20. The normalized spacial score (nSPS) is 10.2. The van der Waals surface area contributed by atoms with Crippen LogP contribution < -0.4 is 0 Å². The summed E-state index contributed by atoms with van der Waals surface area (Å²) in [4.78, 5) is 10.1. The Morgan fingerprint density at radius 1 is 1.77 bits per heavy atom. The average molecular weight is 185 g/mol. The molecular weight excluding hydrogens is 174 g/mol. The first kappa shape index (κ1) is 9.66. The van der Waals surface area contributed by atoms with E-state index in [4.69, 9.17) is 9.84 Å². The van der Waals surface area contributed by atoms with E-state index in [9.17, 15) is 4.79 Å². The van der Waals surface area contributed by atoms with Gasteiger partial charge in [0.15, 0.2) is 0 Å². The van der Waals surface area contributed by atoms with Crippen molar-refractivity contribution in [3.05, 3.63) is 12.2 Å². The summed E-state index contributed by atoms with van der Waals surface area (Å²) in [5.74, 6) is -0.167. The van der Waals surface area contributed by atoms with E-state index in [0.29, 0.717) is 13.2 Å². The molecule has 0 amide bonds. The Hall–Kier alpha value is -1.43. The Kier molecular flexibility index (Phi) is 3.39. The lowest BCUT2D eigenvalue weighted by molar-refractivity contribution is -0.142. The molecule has 0 spiro atoms. The lowest BCUT2D eigenvalue weighted by atomic mass is 10.6. The standard InChI is InChI=1S/C7H11N3O3/c1-6-9-8-5-10(6)2-3-13-4-7(11)12/h5H,2-4H2,1H3,(H,11,12). The zero-order chi connectivity index (χ0) is 9.68. The maximum atomic E-state index is 10.1. The molecule has 0 aliphatic heterocycles. The number of nitrogens with zero attached hydrogens (tertiary/aromatic N) is 3. The van der Waals surface area contributed by atoms with E-state index in [1.165, 1.54) is 0 Å². The summed E-state index contributed by atoms with van der Waals surface area (Å²) in [5.41, 5.74) is 0. The Morgan fingerprint density at radius 3 is 3.08 bits per heavy atom. The van der Waals surface area contributed by atoms with E-state index in [1.807, 2.05) is 6.92 Å². The SMILES string of the molecule is Cc1nncn1CCOCC(=O)O. The molecule has 0 bridgehead atoms. The molecule has 72 valence electrons. The summed E-state index contributed by atoms with van der Waals surface area (Å²) >= 11 is 0. The number of carboxylic acids is 1. The van der Waals surface area contributed by atoms with Gasteiger partial charge in [0.2, 0.25) is 0 Å². The highest BCUT2D eigenvalue weighted by atomic mass is 16.5. The van der Waals surface area contributed by atoms with Crippen LogP contribution in [0.4, 0.5) is 0 Å². The third kappa shape index (κ3) is 3.20. The van der Waals surface area contributed by atoms with Gasteiger partial charge in [0, 0.05) is 6.54 Å². The minimum absolute atomic E-state index is 0.263. The maximum absolute atomic E-state index is 10.1. The van der Waals surface area contributed by atoms with Gasteiger partial charge in [-0.3, -0.25) is 0 Å². The van der Waals surface area contributed by atoms with Crippen molar-refractivity contribution in [1.82, 2.24) is 14.8 Å². The van der Waals surface area contributed by atoms with Crippen LogP contribution in [-0.2, 0) is 16.1 Å². The predicted molar refractivity (Wildman–Crippen MR) is 43.2 cm³/mol. The molecule has 1 rings (SSSR count). The van der Waals surface area contributed by atoms with Crippen LogP contribution in [0.1, 0.15) is 5.82 Å². The Bertz CT molecular complexity index is 284. The van der Waals surface area contributed by atoms with Crippen molar-refractivity contribution >= 4 is 5.97 Å². The molecule has 0 unspecified atom stereocenters. The molecule has 6 heteroatoms. The number of carboxylic acid groups (broad SMARTS) is 1. The molecule has 0 atom stereocenters. The summed E-state index contributed by atoms with van der Waals surface area (Å²) in [6.45, 7) is 2.49. The first-order valence-electron chi connectivity index (χ1n) is 3.84. The largest absolute Gasteiger partial charge is 0.480 e. The summed E-state index contributed by atoms with van der Waals surface area (Å²) in [7, 11) is 0. The smallest absolute Gasteiger partial charge is 0.329 e. The maximum Gasteiger partial charge on any atom is 0.329 e. The van der Waals surface area contributed by atoms with Crippen LogP contribution in [0, 0.1) is 6.92 Å². The lowest BCUT2D eigenvalue weighted by Crippen LogP contribution is -2.12. The van der Waals surface area contributed by atoms with E-state index in [-0.39, 0.29) is 6.61 Å². The van der Waals surface area contributed by atoms with Gasteiger partial charge >= 0.3 is 5.97 Å². The van der Waals surface area contributed by atoms with E-state index in [0.717, 1.165) is 5.82 Å². The number of aliphatic carboxylic acids is 1. The molecule has 0 saturated carbocycles. The van der Waals surface area contributed by atoms with Gasteiger partial charge in [-0.1, -0.05) is 0 Å². The zero-order valence-electron chi connectivity index (χ0n) is 7.30. The Balaban J connectivity index is 2.20. The second-order valence-electron chi connectivity index (χ2n) is 2.52. The second-order valence-corrected chi connectivity index (χ2v) is 2.52. The summed E-state index contributed by atoms with van der Waals surface area (Å²) < 4.78 is 6.64.